The molecule has 0 amide bonds. The summed E-state index contributed by atoms with van der Waals surface area (Å²) in [5, 5.41) is 4.22. The van der Waals surface area contributed by atoms with Gasteiger partial charge in [0.1, 0.15) is 6.10 Å². The zero-order valence-electron chi connectivity index (χ0n) is 11.1. The number of nitrogens with two attached hydrogens (primary N) is 1. The quantitative estimate of drug-likeness (QED) is 0.789. The highest BCUT2D eigenvalue weighted by molar-refractivity contribution is 5.94. The van der Waals surface area contributed by atoms with E-state index in [0.717, 1.165) is 25.2 Å². The van der Waals surface area contributed by atoms with Crippen LogP contribution in [0.3, 0.4) is 0 Å². The third kappa shape index (κ3) is 2.33. The van der Waals surface area contributed by atoms with E-state index < -0.39 is 0 Å². The molecule has 1 aliphatic rings. The van der Waals surface area contributed by atoms with Gasteiger partial charge in [-0.1, -0.05) is 6.92 Å². The van der Waals surface area contributed by atoms with Gasteiger partial charge < -0.3 is 15.4 Å². The normalized spacial score (nSPS) is 20.3. The molecule has 1 atom stereocenters. The molecule has 0 aliphatic carbocycles. The minimum absolute atomic E-state index is 0.0399. The number of aryl methyl sites for hydroxylation is 2. The predicted molar refractivity (Wildman–Crippen MR) is 68.3 cm³/mol. The van der Waals surface area contributed by atoms with Crippen LogP contribution in [-0.4, -0.2) is 46.9 Å². The molecular formula is C12H20N4O2. The first-order chi connectivity index (χ1) is 8.52. The number of aromatic nitrogens is 2. The van der Waals surface area contributed by atoms with E-state index in [1.807, 2.05) is 14.0 Å². The van der Waals surface area contributed by atoms with Crippen LogP contribution in [-0.2, 0) is 18.2 Å². The number of carbonyl (C=O) groups excluding carboxylic acids is 1. The molecule has 1 saturated heterocycles. The Bertz CT molecular complexity index is 455. The Morgan fingerprint density at radius 3 is 2.78 bits per heavy atom. The Kier molecular flexibility index (Phi) is 3.56. The summed E-state index contributed by atoms with van der Waals surface area (Å²) in [4.78, 5) is 14.2. The second kappa shape index (κ2) is 4.97. The first-order valence-electron chi connectivity index (χ1n) is 6.23. The molecule has 1 unspecified atom stereocenters. The number of rotatable bonds is 3. The van der Waals surface area contributed by atoms with Crippen molar-refractivity contribution in [1.82, 2.24) is 14.7 Å². The monoisotopic (exact) mass is 252 g/mol. The lowest BCUT2D eigenvalue weighted by Crippen LogP contribution is -2.23. The van der Waals surface area contributed by atoms with E-state index in [-0.39, 0.29) is 12.1 Å². The summed E-state index contributed by atoms with van der Waals surface area (Å²) in [7, 11) is 3.73. The van der Waals surface area contributed by atoms with Crippen LogP contribution in [0.25, 0.3) is 0 Å². The predicted octanol–water partition coefficient (Wildman–Crippen LogP) is 0.426. The van der Waals surface area contributed by atoms with E-state index >= 15 is 0 Å². The van der Waals surface area contributed by atoms with Crippen LogP contribution in [0.15, 0.2) is 0 Å². The van der Waals surface area contributed by atoms with Gasteiger partial charge in [-0.2, -0.15) is 5.10 Å². The van der Waals surface area contributed by atoms with Crippen LogP contribution in [0.5, 0.6) is 0 Å². The zero-order chi connectivity index (χ0) is 13.3. The summed E-state index contributed by atoms with van der Waals surface area (Å²) >= 11 is 0. The van der Waals surface area contributed by atoms with Crippen molar-refractivity contribution < 1.29 is 9.53 Å². The van der Waals surface area contributed by atoms with Crippen molar-refractivity contribution in [3.8, 4) is 0 Å². The van der Waals surface area contributed by atoms with Gasteiger partial charge in [-0.05, 0) is 19.9 Å². The maximum absolute atomic E-state index is 12.1. The summed E-state index contributed by atoms with van der Waals surface area (Å²) in [6.07, 6.45) is 1.54. The Labute approximate surface area is 107 Å². The number of hydrogen-bond donors (Lipinski definition) is 1. The van der Waals surface area contributed by atoms with Crippen molar-refractivity contribution in [2.45, 2.75) is 25.9 Å². The molecule has 1 aromatic rings. The average Bonchev–Trinajstić information content (AvgIpc) is 2.83. The molecular weight excluding hydrogens is 232 g/mol. The van der Waals surface area contributed by atoms with Crippen molar-refractivity contribution in [1.29, 1.82) is 0 Å². The van der Waals surface area contributed by atoms with Crippen LogP contribution in [0.2, 0.25) is 0 Å². The standard InChI is InChI=1S/C12H20N4O2/c1-4-9-10(13)11(16(3)14-9)12(17)18-8-5-6-15(2)7-8/h8H,4-7,13H2,1-3H3. The molecule has 0 bridgehead atoms. The van der Waals surface area contributed by atoms with Crippen LogP contribution < -0.4 is 5.73 Å². The number of carbonyl (C=O) groups is 1. The number of anilines is 1. The van der Waals surface area contributed by atoms with Crippen molar-refractivity contribution >= 4 is 11.7 Å². The molecule has 1 aliphatic heterocycles. The molecule has 1 aromatic heterocycles. The fourth-order valence-electron chi connectivity index (χ4n) is 2.30. The highest BCUT2D eigenvalue weighted by Crippen LogP contribution is 2.20. The lowest BCUT2D eigenvalue weighted by atomic mass is 10.2. The number of hydrogen-bond acceptors (Lipinski definition) is 5. The van der Waals surface area contributed by atoms with Crippen LogP contribution in [0.1, 0.15) is 29.5 Å². The number of likely N-dealkylation sites (tertiary alicyclic amines) is 1. The SMILES string of the molecule is CCc1nn(C)c(C(=O)OC2CCN(C)C2)c1N. The summed E-state index contributed by atoms with van der Waals surface area (Å²) in [6.45, 7) is 3.70. The second-order valence-electron chi connectivity index (χ2n) is 4.76. The Balaban J connectivity index is 2.11. The first-order valence-corrected chi connectivity index (χ1v) is 6.23. The number of likely N-dealkylation sites (N-methyl/N-ethyl adjacent to an activating group) is 1. The molecule has 0 radical (unpaired) electrons. The lowest BCUT2D eigenvalue weighted by Gasteiger charge is -2.12. The molecule has 0 saturated carbocycles. The molecule has 18 heavy (non-hydrogen) atoms. The Hall–Kier alpha value is -1.56. The summed E-state index contributed by atoms with van der Waals surface area (Å²) in [5.74, 6) is -0.373. The summed E-state index contributed by atoms with van der Waals surface area (Å²) in [6, 6.07) is 0. The van der Waals surface area contributed by atoms with E-state index in [1.165, 1.54) is 4.68 Å². The smallest absolute Gasteiger partial charge is 0.359 e. The van der Waals surface area contributed by atoms with Crippen LogP contribution in [0, 0.1) is 0 Å². The van der Waals surface area contributed by atoms with Gasteiger partial charge in [0, 0.05) is 20.1 Å². The molecule has 6 nitrogen and oxygen atoms in total. The first kappa shape index (κ1) is 12.9. The maximum atomic E-state index is 12.1. The van der Waals surface area contributed by atoms with Gasteiger partial charge in [-0.3, -0.25) is 4.68 Å². The van der Waals surface area contributed by atoms with E-state index in [2.05, 4.69) is 10.00 Å². The molecule has 2 rings (SSSR count). The number of nitrogens with zero attached hydrogens (tertiary/aromatic N) is 3. The molecule has 2 heterocycles. The van der Waals surface area contributed by atoms with Crippen molar-refractivity contribution in [3.63, 3.8) is 0 Å². The Morgan fingerprint density at radius 2 is 2.28 bits per heavy atom. The molecule has 100 valence electrons. The van der Waals surface area contributed by atoms with Crippen molar-refractivity contribution in [3.05, 3.63) is 11.4 Å². The molecule has 2 N–H and O–H groups in total. The Morgan fingerprint density at radius 1 is 1.56 bits per heavy atom. The van der Waals surface area contributed by atoms with Gasteiger partial charge in [0.2, 0.25) is 0 Å². The molecule has 6 heteroatoms. The third-order valence-corrected chi connectivity index (χ3v) is 3.31. The molecule has 1 fully saturated rings. The van der Waals surface area contributed by atoms with E-state index in [9.17, 15) is 4.79 Å². The number of nitrogen functional groups attached to an aromatic ring is 1. The molecule has 0 aromatic carbocycles. The van der Waals surface area contributed by atoms with E-state index in [0.29, 0.717) is 17.8 Å². The van der Waals surface area contributed by atoms with Gasteiger partial charge in [0.15, 0.2) is 5.69 Å². The molecule has 0 spiro atoms. The van der Waals surface area contributed by atoms with E-state index in [1.54, 1.807) is 7.05 Å². The lowest BCUT2D eigenvalue weighted by molar-refractivity contribution is 0.0316. The van der Waals surface area contributed by atoms with Crippen molar-refractivity contribution in [2.24, 2.45) is 7.05 Å². The highest BCUT2D eigenvalue weighted by atomic mass is 16.5. The van der Waals surface area contributed by atoms with Gasteiger partial charge in [0.05, 0.1) is 11.4 Å². The van der Waals surface area contributed by atoms with Crippen molar-refractivity contribution in [2.75, 3.05) is 25.9 Å². The largest absolute Gasteiger partial charge is 0.456 e. The number of esters is 1. The minimum atomic E-state index is -0.373. The maximum Gasteiger partial charge on any atom is 0.359 e. The topological polar surface area (TPSA) is 73.4 Å². The fraction of sp³-hybridized carbons (Fsp3) is 0.667. The van der Waals surface area contributed by atoms with Gasteiger partial charge in [-0.25, -0.2) is 4.79 Å². The third-order valence-electron chi connectivity index (χ3n) is 3.31. The summed E-state index contributed by atoms with van der Waals surface area (Å²) in [5.41, 5.74) is 7.47. The van der Waals surface area contributed by atoms with E-state index in [4.69, 9.17) is 10.5 Å². The van der Waals surface area contributed by atoms with Gasteiger partial charge >= 0.3 is 5.97 Å². The summed E-state index contributed by atoms with van der Waals surface area (Å²) < 4.78 is 6.97. The van der Waals surface area contributed by atoms with Gasteiger partial charge in [-0.15, -0.1) is 0 Å². The number of ether oxygens (including phenoxy) is 1. The zero-order valence-corrected chi connectivity index (χ0v) is 11.1. The fourth-order valence-corrected chi connectivity index (χ4v) is 2.30. The second-order valence-corrected chi connectivity index (χ2v) is 4.76. The highest BCUT2D eigenvalue weighted by Gasteiger charge is 2.27. The van der Waals surface area contributed by atoms with Gasteiger partial charge in [0.25, 0.3) is 0 Å². The van der Waals surface area contributed by atoms with Crippen LogP contribution >= 0.6 is 0 Å². The van der Waals surface area contributed by atoms with Crippen LogP contribution in [0.4, 0.5) is 5.69 Å². The minimum Gasteiger partial charge on any atom is -0.456 e. The average molecular weight is 252 g/mol.